The summed E-state index contributed by atoms with van der Waals surface area (Å²) in [6.45, 7) is 4.39. The Kier molecular flexibility index (Phi) is 5.82. The summed E-state index contributed by atoms with van der Waals surface area (Å²) in [5.41, 5.74) is 1.05. The van der Waals surface area contributed by atoms with Crippen LogP contribution in [0.25, 0.3) is 0 Å². The lowest BCUT2D eigenvalue weighted by molar-refractivity contribution is 0.201. The van der Waals surface area contributed by atoms with Gasteiger partial charge in [-0.25, -0.2) is 26.8 Å². The van der Waals surface area contributed by atoms with Crippen molar-refractivity contribution in [1.29, 1.82) is 0 Å². The molecule has 10 heteroatoms. The average Bonchev–Trinajstić information content (AvgIpc) is 3.11. The molecule has 4 rings (SSSR count). The summed E-state index contributed by atoms with van der Waals surface area (Å²) in [5.74, 6) is 0.194. The van der Waals surface area contributed by atoms with E-state index in [4.69, 9.17) is 0 Å². The third-order valence-corrected chi connectivity index (χ3v) is 10.1. The predicted octanol–water partition coefficient (Wildman–Crippen LogP) is 0.801. The number of rotatable bonds is 5. The van der Waals surface area contributed by atoms with Gasteiger partial charge in [-0.3, -0.25) is 4.90 Å². The first-order valence-electron chi connectivity index (χ1n) is 10.1. The summed E-state index contributed by atoms with van der Waals surface area (Å²) < 4.78 is 51.6. The van der Waals surface area contributed by atoms with Gasteiger partial charge in [-0.05, 0) is 30.2 Å². The van der Waals surface area contributed by atoms with Crippen molar-refractivity contribution < 1.29 is 16.8 Å². The van der Waals surface area contributed by atoms with E-state index in [2.05, 4.69) is 9.97 Å². The number of hydrogen-bond acceptors (Lipinski definition) is 8. The van der Waals surface area contributed by atoms with Crippen LogP contribution in [0.15, 0.2) is 47.6 Å². The number of nitrogens with zero attached hydrogens (tertiary/aromatic N) is 4. The number of sulfone groups is 2. The Balaban J connectivity index is 1.54. The van der Waals surface area contributed by atoms with Crippen LogP contribution in [0.2, 0.25) is 0 Å². The van der Waals surface area contributed by atoms with Crippen LogP contribution in [0.1, 0.15) is 12.5 Å². The van der Waals surface area contributed by atoms with E-state index in [9.17, 15) is 16.8 Å². The number of aromatic nitrogens is 2. The Morgan fingerprint density at radius 3 is 2.23 bits per heavy atom. The first-order valence-corrected chi connectivity index (χ1v) is 13.5. The van der Waals surface area contributed by atoms with Gasteiger partial charge in [-0.1, -0.05) is 19.1 Å². The molecule has 1 aromatic carbocycles. The SMILES string of the molecule is CCc1ccc(S(=O)(=O)[C@@H]2CS(=O)(=O)C[C@H]2N2CCN(c3ncccn3)CC2)cc1. The smallest absolute Gasteiger partial charge is 0.225 e. The third-order valence-electron chi connectivity index (χ3n) is 5.95. The molecular weight excluding hydrogens is 424 g/mol. The number of anilines is 1. The molecule has 0 bridgehead atoms. The van der Waals surface area contributed by atoms with Gasteiger partial charge in [0.2, 0.25) is 5.95 Å². The number of piperazine rings is 1. The van der Waals surface area contributed by atoms with Crippen molar-refractivity contribution in [2.45, 2.75) is 29.5 Å². The zero-order valence-electron chi connectivity index (χ0n) is 16.9. The van der Waals surface area contributed by atoms with Crippen LogP contribution in [-0.4, -0.2) is 80.7 Å². The number of hydrogen-bond donors (Lipinski definition) is 0. The second-order valence-corrected chi connectivity index (χ2v) is 12.1. The molecule has 2 aromatic rings. The standard InChI is InChI=1S/C20H26N4O4S2/c1-2-16-4-6-17(7-5-16)30(27,28)19-15-29(25,26)14-18(19)23-10-12-24(13-11-23)20-21-8-3-9-22-20/h3-9,18-19H,2,10-15H2,1H3/t18-,19-/m1/s1. The molecule has 0 spiro atoms. The van der Waals surface area contributed by atoms with Crippen LogP contribution in [0.4, 0.5) is 5.95 Å². The van der Waals surface area contributed by atoms with Crippen molar-refractivity contribution >= 4 is 25.6 Å². The van der Waals surface area contributed by atoms with E-state index in [0.717, 1.165) is 12.0 Å². The van der Waals surface area contributed by atoms with E-state index in [1.165, 1.54) is 0 Å². The minimum Gasteiger partial charge on any atom is -0.338 e. The maximum Gasteiger partial charge on any atom is 0.225 e. The normalized spacial score (nSPS) is 24.8. The molecule has 1 aromatic heterocycles. The van der Waals surface area contributed by atoms with Crippen molar-refractivity contribution in [3.05, 3.63) is 48.3 Å². The first-order chi connectivity index (χ1) is 14.3. The van der Waals surface area contributed by atoms with Crippen molar-refractivity contribution in [3.63, 3.8) is 0 Å². The lowest BCUT2D eigenvalue weighted by atomic mass is 10.2. The number of benzene rings is 1. The molecule has 162 valence electrons. The highest BCUT2D eigenvalue weighted by molar-refractivity contribution is 7.96. The van der Waals surface area contributed by atoms with Crippen molar-refractivity contribution in [2.75, 3.05) is 42.6 Å². The monoisotopic (exact) mass is 450 g/mol. The molecule has 2 fully saturated rings. The van der Waals surface area contributed by atoms with Gasteiger partial charge in [0.25, 0.3) is 0 Å². The zero-order valence-corrected chi connectivity index (χ0v) is 18.5. The fraction of sp³-hybridized carbons (Fsp3) is 0.500. The maximum atomic E-state index is 13.3. The van der Waals surface area contributed by atoms with Crippen molar-refractivity contribution in [1.82, 2.24) is 14.9 Å². The Morgan fingerprint density at radius 1 is 1.00 bits per heavy atom. The highest BCUT2D eigenvalue weighted by atomic mass is 32.2. The Bertz CT molecular complexity index is 1080. The fourth-order valence-electron chi connectivity index (χ4n) is 4.23. The first kappa shape index (κ1) is 21.2. The topological polar surface area (TPSA) is 101 Å². The molecule has 2 saturated heterocycles. The Morgan fingerprint density at radius 2 is 1.63 bits per heavy atom. The van der Waals surface area contributed by atoms with E-state index in [-0.39, 0.29) is 16.4 Å². The molecule has 0 radical (unpaired) electrons. The van der Waals surface area contributed by atoms with E-state index in [0.29, 0.717) is 32.1 Å². The lowest BCUT2D eigenvalue weighted by Gasteiger charge is -2.39. The summed E-state index contributed by atoms with van der Waals surface area (Å²) in [4.78, 5) is 12.8. The van der Waals surface area contributed by atoms with Gasteiger partial charge in [-0.2, -0.15) is 0 Å². The van der Waals surface area contributed by atoms with Crippen molar-refractivity contribution in [3.8, 4) is 0 Å². The van der Waals surface area contributed by atoms with E-state index < -0.39 is 31.0 Å². The molecule has 0 unspecified atom stereocenters. The Hall–Kier alpha value is -2.04. The maximum absolute atomic E-state index is 13.3. The third kappa shape index (κ3) is 4.21. The minimum atomic E-state index is -3.76. The van der Waals surface area contributed by atoms with Crippen LogP contribution in [0, 0.1) is 0 Å². The van der Waals surface area contributed by atoms with Crippen LogP contribution in [0.5, 0.6) is 0 Å². The van der Waals surface area contributed by atoms with Crippen LogP contribution >= 0.6 is 0 Å². The molecule has 2 atom stereocenters. The second-order valence-electron chi connectivity index (χ2n) is 7.80. The molecule has 0 N–H and O–H groups in total. The van der Waals surface area contributed by atoms with Gasteiger partial charge in [-0.15, -0.1) is 0 Å². The van der Waals surface area contributed by atoms with Gasteiger partial charge < -0.3 is 4.90 Å². The van der Waals surface area contributed by atoms with Crippen LogP contribution in [-0.2, 0) is 26.1 Å². The van der Waals surface area contributed by atoms with E-state index >= 15 is 0 Å². The van der Waals surface area contributed by atoms with Gasteiger partial charge in [0.1, 0.15) is 0 Å². The molecule has 0 amide bonds. The summed E-state index contributed by atoms with van der Waals surface area (Å²) in [5, 5.41) is -0.950. The largest absolute Gasteiger partial charge is 0.338 e. The van der Waals surface area contributed by atoms with Gasteiger partial charge in [0.05, 0.1) is 21.7 Å². The highest BCUT2D eigenvalue weighted by Crippen LogP contribution is 2.30. The molecule has 30 heavy (non-hydrogen) atoms. The molecule has 2 aliphatic heterocycles. The van der Waals surface area contributed by atoms with Crippen molar-refractivity contribution in [2.24, 2.45) is 0 Å². The molecule has 0 saturated carbocycles. The quantitative estimate of drug-likeness (QED) is 0.659. The van der Waals surface area contributed by atoms with Crippen LogP contribution in [0.3, 0.4) is 0 Å². The predicted molar refractivity (Wildman–Crippen MR) is 115 cm³/mol. The molecular formula is C20H26N4O4S2. The Labute approximate surface area is 177 Å². The molecule has 0 aliphatic carbocycles. The average molecular weight is 451 g/mol. The van der Waals surface area contributed by atoms with E-state index in [1.807, 2.05) is 16.7 Å². The molecule has 3 heterocycles. The lowest BCUT2D eigenvalue weighted by Crippen LogP contribution is -2.55. The summed E-state index contributed by atoms with van der Waals surface area (Å²) in [7, 11) is -7.18. The number of aryl methyl sites for hydroxylation is 1. The van der Waals surface area contributed by atoms with E-state index in [1.54, 1.807) is 42.7 Å². The summed E-state index contributed by atoms with van der Waals surface area (Å²) in [6, 6.07) is 8.01. The minimum absolute atomic E-state index is 0.119. The van der Waals surface area contributed by atoms with Gasteiger partial charge in [0.15, 0.2) is 19.7 Å². The summed E-state index contributed by atoms with van der Waals surface area (Å²) >= 11 is 0. The van der Waals surface area contributed by atoms with Gasteiger partial charge >= 0.3 is 0 Å². The second kappa shape index (κ2) is 8.24. The van der Waals surface area contributed by atoms with Gasteiger partial charge in [0, 0.05) is 44.6 Å². The molecule has 2 aliphatic rings. The van der Waals surface area contributed by atoms with Crippen LogP contribution < -0.4 is 4.90 Å². The fourth-order valence-corrected chi connectivity index (χ4v) is 9.06. The molecule has 8 nitrogen and oxygen atoms in total. The highest BCUT2D eigenvalue weighted by Gasteiger charge is 2.48. The zero-order chi connectivity index (χ0) is 21.4. The summed E-state index contributed by atoms with van der Waals surface area (Å²) in [6.07, 6.45) is 4.19.